The number of ether oxygens (including phenoxy) is 4. The van der Waals surface area contributed by atoms with Crippen LogP contribution in [0.1, 0.15) is 64.6 Å². The Morgan fingerprint density at radius 3 is 2.54 bits per heavy atom. The molecule has 1 aliphatic heterocycles. The van der Waals surface area contributed by atoms with Crippen LogP contribution in [0.15, 0.2) is 24.9 Å². The lowest BCUT2D eigenvalue weighted by molar-refractivity contribution is -0.0367. The predicted octanol–water partition coefficient (Wildman–Crippen LogP) is 9.33. The largest absolute Gasteiger partial charge is 0.473 e. The first-order chi connectivity index (χ1) is 26.3. The molecule has 1 fully saturated rings. The molecule has 1 aromatic carbocycles. The topological polar surface area (TPSA) is 103 Å². The number of nitrogens with zero attached hydrogens (tertiary/aromatic N) is 7. The zero-order valence-corrected chi connectivity index (χ0v) is 39.5. The van der Waals surface area contributed by atoms with Crippen LogP contribution in [0.4, 0.5) is 4.39 Å². The molecule has 0 N–H and O–H groups in total. The summed E-state index contributed by atoms with van der Waals surface area (Å²) >= 11 is 2.33. The first kappa shape index (κ1) is 44.5. The predicted molar refractivity (Wildman–Crippen MR) is 235 cm³/mol. The van der Waals surface area contributed by atoms with Crippen molar-refractivity contribution in [3.05, 3.63) is 45.7 Å². The van der Waals surface area contributed by atoms with E-state index in [4.69, 9.17) is 33.6 Å². The molecule has 16 heteroatoms. The third kappa shape index (κ3) is 10.9. The van der Waals surface area contributed by atoms with Crippen LogP contribution >= 0.6 is 22.6 Å². The fourth-order valence-electron chi connectivity index (χ4n) is 6.43. The van der Waals surface area contributed by atoms with Crippen LogP contribution in [0.2, 0.25) is 43.8 Å². The summed E-state index contributed by atoms with van der Waals surface area (Å²) in [5.74, 6) is 0.667. The second kappa shape index (κ2) is 18.5. The number of fused-ring (bicyclic) bond motifs is 1. The maximum absolute atomic E-state index is 16.1. The van der Waals surface area contributed by atoms with Gasteiger partial charge in [-0.3, -0.25) is 9.58 Å². The Morgan fingerprint density at radius 1 is 1.12 bits per heavy atom. The van der Waals surface area contributed by atoms with Gasteiger partial charge < -0.3 is 23.4 Å². The number of aryl methyl sites for hydroxylation is 1. The molecule has 0 aliphatic carbocycles. The highest BCUT2D eigenvalue weighted by Crippen LogP contribution is 2.38. The van der Waals surface area contributed by atoms with E-state index in [1.807, 2.05) is 24.7 Å². The number of rotatable bonds is 19. The molecule has 1 aliphatic rings. The Hall–Kier alpha value is -2.62. The lowest BCUT2D eigenvalue weighted by Crippen LogP contribution is -2.41. The molecular weight excluding hydrogens is 861 g/mol. The highest BCUT2D eigenvalue weighted by molar-refractivity contribution is 14.1. The molecule has 0 saturated carbocycles. The molecule has 1 saturated heterocycles. The van der Waals surface area contributed by atoms with E-state index in [0.29, 0.717) is 73.6 Å². The van der Waals surface area contributed by atoms with Gasteiger partial charge in [-0.15, -0.1) is 5.10 Å². The minimum Gasteiger partial charge on any atom is -0.473 e. The van der Waals surface area contributed by atoms with Crippen molar-refractivity contribution >= 4 is 56.0 Å². The van der Waals surface area contributed by atoms with E-state index in [9.17, 15) is 0 Å². The van der Waals surface area contributed by atoms with Gasteiger partial charge in [0.25, 0.3) is 0 Å². The lowest BCUT2D eigenvalue weighted by atomic mass is 10.0. The normalized spacial score (nSPS) is 16.2. The minimum absolute atomic E-state index is 0.111. The summed E-state index contributed by atoms with van der Waals surface area (Å²) in [5.41, 5.74) is 3.35. The maximum atomic E-state index is 16.1. The molecular formula is C40H63FIN7O5Si2. The molecule has 4 aromatic rings. The Morgan fingerprint density at radius 2 is 1.88 bits per heavy atom. The third-order valence-corrected chi connectivity index (χ3v) is 18.1. The Labute approximate surface area is 348 Å². The van der Waals surface area contributed by atoms with Gasteiger partial charge in [0.2, 0.25) is 11.8 Å². The Kier molecular flexibility index (Phi) is 14.7. The van der Waals surface area contributed by atoms with E-state index >= 15 is 4.39 Å². The molecule has 4 heterocycles. The minimum atomic E-state index is -1.94. The van der Waals surface area contributed by atoms with Crippen molar-refractivity contribution in [1.29, 1.82) is 0 Å². The summed E-state index contributed by atoms with van der Waals surface area (Å²) in [6, 6.07) is 4.44. The van der Waals surface area contributed by atoms with Gasteiger partial charge in [-0.1, -0.05) is 47.0 Å². The summed E-state index contributed by atoms with van der Waals surface area (Å²) in [7, 11) is 0.723. The smallest absolute Gasteiger partial charge is 0.248 e. The van der Waals surface area contributed by atoms with E-state index in [1.54, 1.807) is 21.6 Å². The molecule has 0 amide bonds. The first-order valence-electron chi connectivity index (χ1n) is 19.7. The van der Waals surface area contributed by atoms with Gasteiger partial charge in [0, 0.05) is 58.4 Å². The summed E-state index contributed by atoms with van der Waals surface area (Å²) in [6.07, 6.45) is 5.76. The summed E-state index contributed by atoms with van der Waals surface area (Å²) in [6.45, 7) is 28.1. The van der Waals surface area contributed by atoms with E-state index in [2.05, 4.69) is 99.7 Å². The molecule has 310 valence electrons. The summed E-state index contributed by atoms with van der Waals surface area (Å²) in [5, 5.41) is 15.0. The van der Waals surface area contributed by atoms with Gasteiger partial charge in [-0.2, -0.15) is 10.2 Å². The van der Waals surface area contributed by atoms with Crippen molar-refractivity contribution in [1.82, 2.24) is 34.2 Å². The fourth-order valence-corrected chi connectivity index (χ4v) is 8.93. The van der Waals surface area contributed by atoms with Crippen LogP contribution in [-0.4, -0.2) is 96.9 Å². The standard InChI is InChI=1S/C40H63FIN7O5Si2/c1-13-33-30-22-29(32(41)23-34(30)49(44-33)36-16-14-15-18-51-36)31-24-43-47(7)39(31)54-28(2)25-46(6)26-35-37(42)38(52-27-50-20-21-55(8,9)10)45-48(35)17-19-53-56(11,12)40(3,4)5/h13,22-24,28,36H,1,14-21,25-27H2,2-12H3. The van der Waals surface area contributed by atoms with Crippen LogP contribution in [0.25, 0.3) is 28.1 Å². The lowest BCUT2D eigenvalue weighted by Gasteiger charge is -2.36. The van der Waals surface area contributed by atoms with Crippen molar-refractivity contribution in [2.75, 3.05) is 40.2 Å². The van der Waals surface area contributed by atoms with Gasteiger partial charge in [0.1, 0.15) is 11.9 Å². The number of likely N-dealkylation sites (N-methyl/N-ethyl adjacent to an activating group) is 1. The van der Waals surface area contributed by atoms with Crippen LogP contribution in [-0.2, 0) is 34.0 Å². The van der Waals surface area contributed by atoms with Crippen LogP contribution < -0.4 is 9.47 Å². The zero-order valence-electron chi connectivity index (χ0n) is 35.4. The van der Waals surface area contributed by atoms with Crippen molar-refractivity contribution in [2.24, 2.45) is 7.05 Å². The Bertz CT molecular complexity index is 1950. The highest BCUT2D eigenvalue weighted by atomic mass is 127. The van der Waals surface area contributed by atoms with Gasteiger partial charge in [0.05, 0.1) is 45.4 Å². The van der Waals surface area contributed by atoms with Crippen LogP contribution in [0, 0.1) is 9.39 Å². The number of aromatic nitrogens is 6. The molecule has 2 atom stereocenters. The van der Waals surface area contributed by atoms with E-state index in [1.165, 1.54) is 6.07 Å². The van der Waals surface area contributed by atoms with E-state index < -0.39 is 16.4 Å². The molecule has 5 rings (SSSR count). The van der Waals surface area contributed by atoms with Crippen molar-refractivity contribution in [2.45, 2.75) is 116 Å². The van der Waals surface area contributed by atoms with Crippen molar-refractivity contribution < 1.29 is 27.8 Å². The second-order valence-electron chi connectivity index (χ2n) is 17.7. The summed E-state index contributed by atoms with van der Waals surface area (Å²) in [4.78, 5) is 2.20. The second-order valence-corrected chi connectivity index (χ2v) is 29.2. The number of benzene rings is 1. The molecule has 0 spiro atoms. The number of halogens is 2. The fraction of sp³-hybridized carbons (Fsp3) is 0.625. The van der Waals surface area contributed by atoms with Gasteiger partial charge in [-0.05, 0) is 92.1 Å². The highest BCUT2D eigenvalue weighted by Gasteiger charge is 2.37. The summed E-state index contributed by atoms with van der Waals surface area (Å²) < 4.78 is 53.5. The molecule has 56 heavy (non-hydrogen) atoms. The molecule has 0 radical (unpaired) electrons. The molecule has 0 bridgehead atoms. The van der Waals surface area contributed by atoms with E-state index in [-0.39, 0.29) is 30.0 Å². The molecule has 2 unspecified atom stereocenters. The monoisotopic (exact) mass is 923 g/mol. The average molecular weight is 924 g/mol. The van der Waals surface area contributed by atoms with Gasteiger partial charge in [0.15, 0.2) is 21.3 Å². The zero-order chi connectivity index (χ0) is 41.0. The Balaban J connectivity index is 1.31. The molecule has 12 nitrogen and oxygen atoms in total. The maximum Gasteiger partial charge on any atom is 0.248 e. The van der Waals surface area contributed by atoms with Crippen molar-refractivity contribution in [3.8, 4) is 22.9 Å². The van der Waals surface area contributed by atoms with Crippen LogP contribution in [0.3, 0.4) is 0 Å². The first-order valence-corrected chi connectivity index (χ1v) is 27.4. The van der Waals surface area contributed by atoms with E-state index in [0.717, 1.165) is 40.0 Å². The number of hydrogen-bond donors (Lipinski definition) is 0. The number of hydrogen-bond acceptors (Lipinski definition) is 9. The average Bonchev–Trinajstić information content (AvgIpc) is 3.75. The van der Waals surface area contributed by atoms with Gasteiger partial charge in [-0.25, -0.2) is 13.8 Å². The molecule has 3 aromatic heterocycles. The SMILES string of the molecule is C=Cc1nn(C2CCCCO2)c2cc(F)c(-c3cnn(C)c3OC(C)CN(C)Cc3c(I)c(OCOCC[Si](C)(C)C)nn3CCO[Si](C)(C)C(C)(C)C)cc12. The third-order valence-electron chi connectivity index (χ3n) is 10.7. The van der Waals surface area contributed by atoms with Gasteiger partial charge >= 0.3 is 0 Å². The van der Waals surface area contributed by atoms with Crippen LogP contribution in [0.5, 0.6) is 11.8 Å². The van der Waals surface area contributed by atoms with Crippen molar-refractivity contribution in [3.63, 3.8) is 0 Å². The quantitative estimate of drug-likeness (QED) is 0.0394.